The van der Waals surface area contributed by atoms with E-state index in [0.717, 1.165) is 17.3 Å². The fraction of sp³-hybridized carbons (Fsp3) is 0.286. The number of carbonyl (C=O) groups is 1. The van der Waals surface area contributed by atoms with Crippen molar-refractivity contribution in [2.45, 2.75) is 30.3 Å². The smallest absolute Gasteiger partial charge is 0.233 e. The molecule has 24 heavy (non-hydrogen) atoms. The van der Waals surface area contributed by atoms with E-state index in [-0.39, 0.29) is 23.8 Å². The minimum atomic E-state index is -0.459. The predicted octanol–water partition coefficient (Wildman–Crippen LogP) is 2.70. The van der Waals surface area contributed by atoms with Crippen LogP contribution in [0.3, 0.4) is 0 Å². The van der Waals surface area contributed by atoms with Crippen molar-refractivity contribution < 1.29 is 4.79 Å². The molecule has 0 bridgehead atoms. The van der Waals surface area contributed by atoms with Crippen LogP contribution in [0.5, 0.6) is 0 Å². The van der Waals surface area contributed by atoms with Crippen molar-refractivity contribution in [2.24, 2.45) is 0 Å². The first kappa shape index (κ1) is 18.6. The number of carbonyl (C=O) groups excluding carboxylic acids is 1. The van der Waals surface area contributed by atoms with Crippen molar-refractivity contribution in [1.82, 2.24) is 20.3 Å². The monoisotopic (exact) mass is 386 g/mol. The fourth-order valence-corrected chi connectivity index (χ4v) is 3.27. The molecule has 1 aromatic heterocycles. The average molecular weight is 387 g/mol. The van der Waals surface area contributed by atoms with Crippen LogP contribution in [0, 0.1) is 0 Å². The van der Waals surface area contributed by atoms with Gasteiger partial charge in [-0.25, -0.2) is 0 Å². The SMILES string of the molecule is C[C@H](NC(=O)[C@@H](C)Sc1nc(N)nc(N)n1)c1ccc(Cl)cc1Cl. The summed E-state index contributed by atoms with van der Waals surface area (Å²) in [6, 6.07) is 4.86. The van der Waals surface area contributed by atoms with Gasteiger partial charge in [-0.05, 0) is 31.5 Å². The molecule has 0 aliphatic carbocycles. The lowest BCUT2D eigenvalue weighted by molar-refractivity contribution is -0.120. The molecule has 128 valence electrons. The van der Waals surface area contributed by atoms with Gasteiger partial charge in [0, 0.05) is 10.0 Å². The number of halogens is 2. The second-order valence-corrected chi connectivity index (χ2v) is 7.14. The molecular weight excluding hydrogens is 371 g/mol. The summed E-state index contributed by atoms with van der Waals surface area (Å²) in [5, 5.41) is 3.75. The number of amides is 1. The highest BCUT2D eigenvalue weighted by atomic mass is 35.5. The van der Waals surface area contributed by atoms with Gasteiger partial charge in [-0.3, -0.25) is 4.79 Å². The maximum Gasteiger partial charge on any atom is 0.233 e. The minimum absolute atomic E-state index is 0.0129. The molecule has 1 amide bonds. The molecule has 1 aromatic carbocycles. The van der Waals surface area contributed by atoms with Gasteiger partial charge in [0.05, 0.1) is 11.3 Å². The van der Waals surface area contributed by atoms with Crippen molar-refractivity contribution in [1.29, 1.82) is 0 Å². The summed E-state index contributed by atoms with van der Waals surface area (Å²) in [7, 11) is 0. The van der Waals surface area contributed by atoms with Gasteiger partial charge in [-0.1, -0.05) is 41.0 Å². The third-order valence-corrected chi connectivity index (χ3v) is 4.61. The lowest BCUT2D eigenvalue weighted by Gasteiger charge is -2.18. The van der Waals surface area contributed by atoms with E-state index in [2.05, 4.69) is 20.3 Å². The van der Waals surface area contributed by atoms with Crippen LogP contribution in [-0.2, 0) is 4.79 Å². The zero-order valence-corrected chi connectivity index (χ0v) is 15.3. The van der Waals surface area contributed by atoms with Crippen LogP contribution in [0.15, 0.2) is 23.4 Å². The van der Waals surface area contributed by atoms with Crippen LogP contribution < -0.4 is 16.8 Å². The molecule has 0 saturated carbocycles. The molecule has 2 atom stereocenters. The highest BCUT2D eigenvalue weighted by molar-refractivity contribution is 8.00. The van der Waals surface area contributed by atoms with E-state index in [9.17, 15) is 4.79 Å². The maximum atomic E-state index is 12.3. The van der Waals surface area contributed by atoms with Gasteiger partial charge in [-0.2, -0.15) is 15.0 Å². The molecular formula is C14H16Cl2N6OS. The number of rotatable bonds is 5. The summed E-state index contributed by atoms with van der Waals surface area (Å²) in [5.74, 6) is -0.172. The normalized spacial score (nSPS) is 13.3. The molecule has 0 unspecified atom stereocenters. The van der Waals surface area contributed by atoms with Crippen LogP contribution in [0.4, 0.5) is 11.9 Å². The van der Waals surface area contributed by atoms with Crippen LogP contribution in [0.1, 0.15) is 25.5 Å². The fourth-order valence-electron chi connectivity index (χ4n) is 1.91. The molecule has 5 N–H and O–H groups in total. The Morgan fingerprint density at radius 1 is 1.17 bits per heavy atom. The summed E-state index contributed by atoms with van der Waals surface area (Å²) in [5.41, 5.74) is 11.8. The van der Waals surface area contributed by atoms with E-state index in [0.29, 0.717) is 15.2 Å². The van der Waals surface area contributed by atoms with E-state index < -0.39 is 5.25 Å². The first-order valence-corrected chi connectivity index (χ1v) is 8.59. The molecule has 0 fully saturated rings. The van der Waals surface area contributed by atoms with E-state index in [1.807, 2.05) is 6.92 Å². The Morgan fingerprint density at radius 3 is 2.38 bits per heavy atom. The number of hydrogen-bond acceptors (Lipinski definition) is 7. The molecule has 10 heteroatoms. The average Bonchev–Trinajstić information content (AvgIpc) is 2.45. The van der Waals surface area contributed by atoms with Crippen molar-refractivity contribution >= 4 is 52.8 Å². The van der Waals surface area contributed by atoms with Crippen molar-refractivity contribution in [3.63, 3.8) is 0 Å². The Balaban J connectivity index is 2.02. The van der Waals surface area contributed by atoms with E-state index in [1.54, 1.807) is 25.1 Å². The molecule has 1 heterocycles. The van der Waals surface area contributed by atoms with Crippen molar-refractivity contribution in [3.05, 3.63) is 33.8 Å². The van der Waals surface area contributed by atoms with Crippen LogP contribution >= 0.6 is 35.0 Å². The molecule has 2 aromatic rings. The summed E-state index contributed by atoms with van der Waals surface area (Å²) in [6.07, 6.45) is 0. The van der Waals surface area contributed by atoms with Gasteiger partial charge >= 0.3 is 0 Å². The summed E-state index contributed by atoms with van der Waals surface area (Å²) in [4.78, 5) is 23.9. The number of anilines is 2. The van der Waals surface area contributed by atoms with Gasteiger partial charge in [-0.15, -0.1) is 0 Å². The molecule has 0 saturated heterocycles. The van der Waals surface area contributed by atoms with Crippen molar-refractivity contribution in [2.75, 3.05) is 11.5 Å². The quantitative estimate of drug-likeness (QED) is 0.675. The number of hydrogen-bond donors (Lipinski definition) is 3. The van der Waals surface area contributed by atoms with E-state index in [1.165, 1.54) is 0 Å². The van der Waals surface area contributed by atoms with Gasteiger partial charge in [0.1, 0.15) is 0 Å². The standard InChI is InChI=1S/C14H16Cl2N6OS/c1-6(9-4-3-8(15)5-10(9)16)19-11(23)7(2)24-14-21-12(17)20-13(18)22-14/h3-7H,1-2H3,(H,19,23)(H4,17,18,20,21,22)/t6-,7+/m0/s1. The molecule has 0 aliphatic rings. The third kappa shape index (κ3) is 4.86. The van der Waals surface area contributed by atoms with E-state index >= 15 is 0 Å². The van der Waals surface area contributed by atoms with Gasteiger partial charge in [0.15, 0.2) is 5.16 Å². The highest BCUT2D eigenvalue weighted by Crippen LogP contribution is 2.27. The Morgan fingerprint density at radius 2 is 1.79 bits per heavy atom. The van der Waals surface area contributed by atoms with Crippen molar-refractivity contribution in [3.8, 4) is 0 Å². The van der Waals surface area contributed by atoms with Gasteiger partial charge in [0.25, 0.3) is 0 Å². The number of nitrogens with zero attached hydrogens (tertiary/aromatic N) is 3. The minimum Gasteiger partial charge on any atom is -0.368 e. The van der Waals surface area contributed by atoms with Crippen LogP contribution in [0.2, 0.25) is 10.0 Å². The Kier molecular flexibility index (Phi) is 6.09. The van der Waals surface area contributed by atoms with Gasteiger partial charge < -0.3 is 16.8 Å². The zero-order chi connectivity index (χ0) is 17.9. The molecule has 2 rings (SSSR count). The molecule has 0 spiro atoms. The lowest BCUT2D eigenvalue weighted by atomic mass is 10.1. The highest BCUT2D eigenvalue weighted by Gasteiger charge is 2.20. The third-order valence-electron chi connectivity index (χ3n) is 3.09. The summed E-state index contributed by atoms with van der Waals surface area (Å²) >= 11 is 13.2. The van der Waals surface area contributed by atoms with Crippen LogP contribution in [0.25, 0.3) is 0 Å². The summed E-state index contributed by atoms with van der Waals surface area (Å²) in [6.45, 7) is 3.57. The molecule has 0 aliphatic heterocycles. The molecule has 0 radical (unpaired) electrons. The van der Waals surface area contributed by atoms with Gasteiger partial charge in [0.2, 0.25) is 17.8 Å². The first-order valence-electron chi connectivity index (χ1n) is 6.95. The Labute approximate surface area is 153 Å². The number of nitrogens with two attached hydrogens (primary N) is 2. The summed E-state index contributed by atoms with van der Waals surface area (Å²) < 4.78 is 0. The zero-order valence-electron chi connectivity index (χ0n) is 13.0. The first-order chi connectivity index (χ1) is 11.3. The van der Waals surface area contributed by atoms with Crippen LogP contribution in [-0.4, -0.2) is 26.1 Å². The lowest BCUT2D eigenvalue weighted by Crippen LogP contribution is -2.33. The second kappa shape index (κ2) is 7.87. The Hall–Kier alpha value is -1.77. The largest absolute Gasteiger partial charge is 0.368 e. The maximum absolute atomic E-state index is 12.3. The predicted molar refractivity (Wildman–Crippen MR) is 97.0 cm³/mol. The second-order valence-electron chi connectivity index (χ2n) is 4.99. The number of thioether (sulfide) groups is 1. The van der Waals surface area contributed by atoms with E-state index in [4.69, 9.17) is 34.7 Å². The number of nitrogens with one attached hydrogen (secondary N) is 1. The number of benzene rings is 1. The Bertz CT molecular complexity index is 740. The number of aromatic nitrogens is 3. The molecule has 7 nitrogen and oxygen atoms in total. The number of nitrogen functional groups attached to an aromatic ring is 2. The topological polar surface area (TPSA) is 120 Å².